The number of hydrogen-bond acceptors (Lipinski definition) is 1. The van der Waals surface area contributed by atoms with Gasteiger partial charge >= 0.3 is 0 Å². The van der Waals surface area contributed by atoms with Gasteiger partial charge in [-0.2, -0.15) is 0 Å². The average molecular weight is 718 g/mol. The highest BCUT2D eigenvalue weighted by atomic mass is 15.1. The lowest BCUT2D eigenvalue weighted by molar-refractivity contribution is 0.660. The molecule has 56 heavy (non-hydrogen) atoms. The first-order valence-electron chi connectivity index (χ1n) is 20.0. The number of fused-ring (bicyclic) bond motifs is 9. The van der Waals surface area contributed by atoms with Crippen molar-refractivity contribution >= 4 is 17.1 Å². The maximum absolute atomic E-state index is 2.59. The van der Waals surface area contributed by atoms with Crippen molar-refractivity contribution in [2.75, 3.05) is 4.90 Å². The Labute approximate surface area is 330 Å². The summed E-state index contributed by atoms with van der Waals surface area (Å²) < 4.78 is 0. The van der Waals surface area contributed by atoms with Gasteiger partial charge in [0.25, 0.3) is 0 Å². The fraction of sp³-hybridized carbons (Fsp3) is 0.127. The van der Waals surface area contributed by atoms with Crippen LogP contribution in [0.25, 0.3) is 33.4 Å². The molecular formula is C55H43N. The molecule has 3 aliphatic rings. The minimum absolute atomic E-state index is 0.122. The number of nitrogens with zero attached hydrogens (tertiary/aromatic N) is 1. The van der Waals surface area contributed by atoms with E-state index in [9.17, 15) is 0 Å². The lowest BCUT2D eigenvalue weighted by Gasteiger charge is -2.34. The summed E-state index contributed by atoms with van der Waals surface area (Å²) in [5.74, 6) is 0. The fourth-order valence-electron chi connectivity index (χ4n) is 10.8. The Bertz CT molecular complexity index is 2710. The van der Waals surface area contributed by atoms with Crippen molar-refractivity contribution in [1.82, 2.24) is 0 Å². The summed E-state index contributed by atoms with van der Waals surface area (Å²) in [5.41, 5.74) is 21.4. The standard InChI is InChI=1S/C55H43N/c1-53(2)43-26-14-12-24-40(43)51-47(53)29-17-31-49(51)56(50-32-18-30-48-52(50)41-25-13-15-27-44(41)54(48,3)4)38-33-34-46-42(35-38)39-23-11-16-28-45(39)55(46,36-19-7-5-8-20-36)37-21-9-6-10-22-37/h5-35H,1-4H3. The van der Waals surface area contributed by atoms with E-state index in [1.807, 2.05) is 0 Å². The van der Waals surface area contributed by atoms with Gasteiger partial charge < -0.3 is 4.90 Å². The summed E-state index contributed by atoms with van der Waals surface area (Å²) in [4.78, 5) is 2.59. The van der Waals surface area contributed by atoms with Crippen LogP contribution in [0.3, 0.4) is 0 Å². The second-order valence-corrected chi connectivity index (χ2v) is 16.8. The molecule has 11 rings (SSSR count). The molecule has 0 saturated heterocycles. The topological polar surface area (TPSA) is 3.24 Å². The van der Waals surface area contributed by atoms with Crippen LogP contribution in [0.5, 0.6) is 0 Å². The van der Waals surface area contributed by atoms with Gasteiger partial charge in [-0.3, -0.25) is 0 Å². The van der Waals surface area contributed by atoms with E-state index in [1.165, 1.54) is 89.3 Å². The van der Waals surface area contributed by atoms with E-state index in [1.54, 1.807) is 0 Å². The molecule has 0 bridgehead atoms. The summed E-state index contributed by atoms with van der Waals surface area (Å²) in [6.07, 6.45) is 0. The van der Waals surface area contributed by atoms with Crippen LogP contribution in [0.4, 0.5) is 17.1 Å². The Kier molecular flexibility index (Phi) is 6.93. The third-order valence-corrected chi connectivity index (χ3v) is 13.4. The molecule has 0 spiro atoms. The zero-order valence-electron chi connectivity index (χ0n) is 32.3. The molecular weight excluding hydrogens is 675 g/mol. The highest BCUT2D eigenvalue weighted by molar-refractivity contribution is 6.01. The van der Waals surface area contributed by atoms with E-state index in [0.29, 0.717) is 0 Å². The number of anilines is 3. The third kappa shape index (κ3) is 4.26. The van der Waals surface area contributed by atoms with Gasteiger partial charge in [-0.25, -0.2) is 0 Å². The van der Waals surface area contributed by atoms with Crippen LogP contribution in [0, 0.1) is 0 Å². The molecule has 268 valence electrons. The van der Waals surface area contributed by atoms with Crippen molar-refractivity contribution in [3.63, 3.8) is 0 Å². The lowest BCUT2D eigenvalue weighted by Crippen LogP contribution is -2.28. The largest absolute Gasteiger partial charge is 0.309 e. The van der Waals surface area contributed by atoms with Crippen LogP contribution < -0.4 is 4.90 Å². The molecule has 0 saturated carbocycles. The van der Waals surface area contributed by atoms with Gasteiger partial charge in [-0.05, 0) is 91.0 Å². The van der Waals surface area contributed by atoms with Crippen LogP contribution >= 0.6 is 0 Å². The molecule has 0 atom stereocenters. The third-order valence-electron chi connectivity index (χ3n) is 13.4. The average Bonchev–Trinajstić information content (AvgIpc) is 3.77. The molecule has 0 N–H and O–H groups in total. The SMILES string of the molecule is CC1(C)c2ccccc2-c2c(N(c3ccc4c(c3)-c3ccccc3C4(c3ccccc3)c3ccccc3)c3cccc4c3-c3ccccc3C4(C)C)cccc21. The summed E-state index contributed by atoms with van der Waals surface area (Å²) in [6.45, 7) is 9.52. The minimum Gasteiger partial charge on any atom is -0.309 e. The van der Waals surface area contributed by atoms with Gasteiger partial charge in [0.1, 0.15) is 0 Å². The molecule has 3 aliphatic carbocycles. The Hall–Kier alpha value is -6.44. The van der Waals surface area contributed by atoms with Crippen LogP contribution in [-0.2, 0) is 16.2 Å². The van der Waals surface area contributed by atoms with Crippen molar-refractivity contribution < 1.29 is 0 Å². The number of rotatable bonds is 5. The first kappa shape index (κ1) is 32.9. The Morgan fingerprint density at radius 1 is 0.321 bits per heavy atom. The van der Waals surface area contributed by atoms with Gasteiger partial charge in [-0.15, -0.1) is 0 Å². The van der Waals surface area contributed by atoms with Crippen LogP contribution in [0.15, 0.2) is 188 Å². The summed E-state index contributed by atoms with van der Waals surface area (Å²) in [7, 11) is 0. The summed E-state index contributed by atoms with van der Waals surface area (Å²) >= 11 is 0. The molecule has 1 heteroatoms. The Morgan fingerprint density at radius 3 is 1.25 bits per heavy atom. The number of hydrogen-bond donors (Lipinski definition) is 0. The molecule has 0 amide bonds. The molecule has 0 radical (unpaired) electrons. The molecule has 0 aliphatic heterocycles. The van der Waals surface area contributed by atoms with Crippen molar-refractivity contribution in [2.24, 2.45) is 0 Å². The molecule has 0 heterocycles. The molecule has 0 fully saturated rings. The lowest BCUT2D eigenvalue weighted by atomic mass is 9.68. The molecule has 8 aromatic rings. The van der Waals surface area contributed by atoms with E-state index in [-0.39, 0.29) is 10.8 Å². The zero-order valence-corrected chi connectivity index (χ0v) is 32.3. The Morgan fingerprint density at radius 2 is 0.732 bits per heavy atom. The second-order valence-electron chi connectivity index (χ2n) is 16.8. The van der Waals surface area contributed by atoms with Gasteiger partial charge in [-0.1, -0.05) is 191 Å². The van der Waals surface area contributed by atoms with E-state index in [2.05, 4.69) is 221 Å². The van der Waals surface area contributed by atoms with Gasteiger partial charge in [0.05, 0.1) is 16.8 Å². The molecule has 0 unspecified atom stereocenters. The smallest absolute Gasteiger partial charge is 0.0713 e. The first-order chi connectivity index (χ1) is 27.3. The highest BCUT2D eigenvalue weighted by Gasteiger charge is 2.47. The fourth-order valence-corrected chi connectivity index (χ4v) is 10.8. The van der Waals surface area contributed by atoms with Gasteiger partial charge in [0.15, 0.2) is 0 Å². The van der Waals surface area contributed by atoms with Crippen molar-refractivity contribution in [3.05, 3.63) is 233 Å². The normalized spacial score (nSPS) is 15.6. The summed E-state index contributed by atoms with van der Waals surface area (Å²) in [6, 6.07) is 70.6. The predicted molar refractivity (Wildman–Crippen MR) is 234 cm³/mol. The molecule has 8 aromatic carbocycles. The molecule has 0 aromatic heterocycles. The van der Waals surface area contributed by atoms with Crippen LogP contribution in [-0.4, -0.2) is 0 Å². The first-order valence-corrected chi connectivity index (χ1v) is 20.0. The zero-order chi connectivity index (χ0) is 37.8. The van der Waals surface area contributed by atoms with Crippen LogP contribution in [0.1, 0.15) is 72.2 Å². The maximum Gasteiger partial charge on any atom is 0.0713 e. The minimum atomic E-state index is -0.453. The van der Waals surface area contributed by atoms with Crippen molar-refractivity contribution in [3.8, 4) is 33.4 Å². The molecule has 1 nitrogen and oxygen atoms in total. The number of benzene rings is 8. The predicted octanol–water partition coefficient (Wildman–Crippen LogP) is 14.1. The highest BCUT2D eigenvalue weighted by Crippen LogP contribution is 2.60. The van der Waals surface area contributed by atoms with Gasteiger partial charge in [0.2, 0.25) is 0 Å². The second kappa shape index (κ2) is 11.8. The van der Waals surface area contributed by atoms with E-state index >= 15 is 0 Å². The quantitative estimate of drug-likeness (QED) is 0.171. The van der Waals surface area contributed by atoms with E-state index in [4.69, 9.17) is 0 Å². The Balaban J connectivity index is 1.23. The monoisotopic (exact) mass is 717 g/mol. The van der Waals surface area contributed by atoms with Crippen LogP contribution in [0.2, 0.25) is 0 Å². The summed E-state index contributed by atoms with van der Waals surface area (Å²) in [5, 5.41) is 0. The maximum atomic E-state index is 2.59. The van der Waals surface area contributed by atoms with E-state index in [0.717, 1.165) is 5.69 Å². The van der Waals surface area contributed by atoms with Crippen molar-refractivity contribution in [2.45, 2.75) is 43.9 Å². The van der Waals surface area contributed by atoms with E-state index < -0.39 is 5.41 Å². The van der Waals surface area contributed by atoms with Crippen molar-refractivity contribution in [1.29, 1.82) is 0 Å². The van der Waals surface area contributed by atoms with Gasteiger partial charge in [0, 0.05) is 27.6 Å².